The van der Waals surface area contributed by atoms with Gasteiger partial charge in [-0.3, -0.25) is 4.79 Å². The predicted molar refractivity (Wildman–Crippen MR) is 116 cm³/mol. The van der Waals surface area contributed by atoms with Gasteiger partial charge in [0, 0.05) is 17.6 Å². The predicted octanol–water partition coefficient (Wildman–Crippen LogP) is 4.57. The molecule has 2 aliphatic heterocycles. The van der Waals surface area contributed by atoms with Crippen molar-refractivity contribution in [3.63, 3.8) is 0 Å². The van der Waals surface area contributed by atoms with E-state index < -0.39 is 0 Å². The Bertz CT molecular complexity index is 888. The van der Waals surface area contributed by atoms with Crippen molar-refractivity contribution in [3.05, 3.63) is 71.8 Å². The number of amides is 2. The van der Waals surface area contributed by atoms with Crippen molar-refractivity contribution in [1.29, 1.82) is 0 Å². The van der Waals surface area contributed by atoms with Crippen LogP contribution >= 0.6 is 11.8 Å². The molecule has 4 nitrogen and oxygen atoms in total. The standard InChI is InChI=1S/C24H26N2O2S/c27-19-14-8-7-13-18(19)21-22-20(15-16-9-3-1-4-10-16)29-23(26(22)24(28)25-21)17-11-5-2-6-12-17/h1-6,9-12,18,20-23H,7-8,13-15H2,(H,25,28)/t18?,20?,21-,22-,23-/m0/s1. The summed E-state index contributed by atoms with van der Waals surface area (Å²) < 4.78 is 0. The maximum Gasteiger partial charge on any atom is 0.319 e. The van der Waals surface area contributed by atoms with Crippen LogP contribution in [0.2, 0.25) is 0 Å². The Morgan fingerprint density at radius 1 is 0.966 bits per heavy atom. The molecule has 0 bridgehead atoms. The van der Waals surface area contributed by atoms with Crippen LogP contribution in [0.25, 0.3) is 0 Å². The molecule has 5 heteroatoms. The van der Waals surface area contributed by atoms with Gasteiger partial charge in [-0.2, -0.15) is 0 Å². The summed E-state index contributed by atoms with van der Waals surface area (Å²) in [5.41, 5.74) is 2.44. The zero-order chi connectivity index (χ0) is 19.8. The minimum Gasteiger partial charge on any atom is -0.332 e. The molecule has 2 aromatic rings. The number of nitrogens with one attached hydrogen (secondary N) is 1. The molecule has 0 radical (unpaired) electrons. The second-order valence-corrected chi connectivity index (χ2v) is 9.64. The molecule has 5 atom stereocenters. The van der Waals surface area contributed by atoms with E-state index in [1.54, 1.807) is 0 Å². The third kappa shape index (κ3) is 3.46. The molecule has 3 aliphatic rings. The largest absolute Gasteiger partial charge is 0.332 e. The summed E-state index contributed by atoms with van der Waals surface area (Å²) in [5.74, 6) is 0.283. The van der Waals surface area contributed by atoms with E-state index >= 15 is 0 Å². The number of fused-ring (bicyclic) bond motifs is 1. The van der Waals surface area contributed by atoms with E-state index in [2.05, 4.69) is 41.7 Å². The number of urea groups is 1. The molecule has 3 fully saturated rings. The molecule has 1 aliphatic carbocycles. The van der Waals surface area contributed by atoms with Gasteiger partial charge in [-0.1, -0.05) is 67.1 Å². The van der Waals surface area contributed by atoms with Gasteiger partial charge < -0.3 is 10.2 Å². The van der Waals surface area contributed by atoms with Crippen molar-refractivity contribution >= 4 is 23.6 Å². The van der Waals surface area contributed by atoms with Crippen LogP contribution in [0, 0.1) is 5.92 Å². The SMILES string of the molecule is O=C1CCCCC1[C@@H]1NC(=O)N2[C@H](c3ccccc3)SC(Cc3ccccc3)[C@@H]12. The lowest BCUT2D eigenvalue weighted by molar-refractivity contribution is -0.125. The minimum absolute atomic E-state index is 0.00129. The second kappa shape index (κ2) is 7.86. The highest BCUT2D eigenvalue weighted by molar-refractivity contribution is 8.00. The molecule has 29 heavy (non-hydrogen) atoms. The number of rotatable bonds is 4. The van der Waals surface area contributed by atoms with E-state index in [9.17, 15) is 9.59 Å². The number of thioether (sulfide) groups is 1. The van der Waals surface area contributed by atoms with Crippen LogP contribution in [-0.4, -0.2) is 34.0 Å². The molecule has 2 unspecified atom stereocenters. The van der Waals surface area contributed by atoms with Gasteiger partial charge in [-0.25, -0.2) is 4.79 Å². The van der Waals surface area contributed by atoms with Crippen LogP contribution in [0.1, 0.15) is 42.2 Å². The average Bonchev–Trinajstić information content (AvgIpc) is 3.29. The summed E-state index contributed by atoms with van der Waals surface area (Å²) in [5, 5.41) is 3.49. The Hall–Kier alpha value is -2.27. The van der Waals surface area contributed by atoms with Crippen LogP contribution < -0.4 is 5.32 Å². The number of benzene rings is 2. The van der Waals surface area contributed by atoms with Gasteiger partial charge in [0.2, 0.25) is 0 Å². The summed E-state index contributed by atoms with van der Waals surface area (Å²) in [6.07, 6.45) is 4.52. The van der Waals surface area contributed by atoms with Crippen LogP contribution in [0.15, 0.2) is 60.7 Å². The molecule has 0 aromatic heterocycles. The molecule has 1 N–H and O–H groups in total. The lowest BCUT2D eigenvalue weighted by Gasteiger charge is -2.32. The number of ketones is 1. The Labute approximate surface area is 176 Å². The summed E-state index contributed by atoms with van der Waals surface area (Å²) in [4.78, 5) is 27.8. The highest BCUT2D eigenvalue weighted by Crippen LogP contribution is 2.51. The maximum absolute atomic E-state index is 13.1. The van der Waals surface area contributed by atoms with Crippen LogP contribution in [-0.2, 0) is 11.2 Å². The molecule has 1 saturated carbocycles. The van der Waals surface area contributed by atoms with Crippen molar-refractivity contribution in [3.8, 4) is 0 Å². The van der Waals surface area contributed by atoms with Gasteiger partial charge in [0.15, 0.2) is 0 Å². The third-order valence-electron chi connectivity index (χ3n) is 6.55. The van der Waals surface area contributed by atoms with Gasteiger partial charge in [0.25, 0.3) is 0 Å². The summed E-state index contributed by atoms with van der Waals surface area (Å²) >= 11 is 1.88. The van der Waals surface area contributed by atoms with E-state index in [0.717, 1.165) is 31.2 Å². The fourth-order valence-electron chi connectivity index (χ4n) is 5.20. The molecule has 0 spiro atoms. The molecule has 150 valence electrons. The topological polar surface area (TPSA) is 49.4 Å². The monoisotopic (exact) mass is 406 g/mol. The molecule has 5 rings (SSSR count). The molecule has 2 heterocycles. The Morgan fingerprint density at radius 2 is 1.69 bits per heavy atom. The van der Waals surface area contributed by atoms with Crippen molar-refractivity contribution in [1.82, 2.24) is 10.2 Å². The number of nitrogens with zero attached hydrogens (tertiary/aromatic N) is 1. The van der Waals surface area contributed by atoms with Crippen LogP contribution in [0.3, 0.4) is 0 Å². The zero-order valence-corrected chi connectivity index (χ0v) is 17.2. The summed E-state index contributed by atoms with van der Waals surface area (Å²) in [7, 11) is 0. The van der Waals surface area contributed by atoms with E-state index in [4.69, 9.17) is 0 Å². The van der Waals surface area contributed by atoms with Crippen molar-refractivity contribution in [2.75, 3.05) is 0 Å². The third-order valence-corrected chi connectivity index (χ3v) is 8.10. The van der Waals surface area contributed by atoms with Crippen molar-refractivity contribution < 1.29 is 9.59 Å². The summed E-state index contributed by atoms with van der Waals surface area (Å²) in [6.45, 7) is 0. The highest BCUT2D eigenvalue weighted by Gasteiger charge is 2.56. The number of carbonyl (C=O) groups is 2. The first-order chi connectivity index (χ1) is 14.2. The van der Waals surface area contributed by atoms with Crippen LogP contribution in [0.5, 0.6) is 0 Å². The van der Waals surface area contributed by atoms with Crippen LogP contribution in [0.4, 0.5) is 4.79 Å². The summed E-state index contributed by atoms with van der Waals surface area (Å²) in [6, 6.07) is 20.7. The molecule has 2 amide bonds. The number of hydrogen-bond donors (Lipinski definition) is 1. The maximum atomic E-state index is 13.1. The molecule has 2 saturated heterocycles. The van der Waals surface area contributed by atoms with E-state index in [-0.39, 0.29) is 34.7 Å². The Balaban J connectivity index is 1.49. The molecular weight excluding hydrogens is 380 g/mol. The quantitative estimate of drug-likeness (QED) is 0.809. The van der Waals surface area contributed by atoms with E-state index in [1.165, 1.54) is 5.56 Å². The fraction of sp³-hybridized carbons (Fsp3) is 0.417. The van der Waals surface area contributed by atoms with Gasteiger partial charge in [0.1, 0.15) is 11.2 Å². The first-order valence-electron chi connectivity index (χ1n) is 10.6. The zero-order valence-electron chi connectivity index (χ0n) is 16.4. The number of hydrogen-bond acceptors (Lipinski definition) is 3. The normalized spacial score (nSPS) is 31.6. The van der Waals surface area contributed by atoms with E-state index in [1.807, 2.05) is 40.9 Å². The Morgan fingerprint density at radius 3 is 2.41 bits per heavy atom. The van der Waals surface area contributed by atoms with Gasteiger partial charge in [0.05, 0.1) is 12.1 Å². The van der Waals surface area contributed by atoms with E-state index in [0.29, 0.717) is 12.2 Å². The highest BCUT2D eigenvalue weighted by atomic mass is 32.2. The first kappa shape index (κ1) is 18.7. The van der Waals surface area contributed by atoms with Gasteiger partial charge >= 0.3 is 6.03 Å². The molecule has 2 aromatic carbocycles. The average molecular weight is 407 g/mol. The smallest absolute Gasteiger partial charge is 0.319 e. The van der Waals surface area contributed by atoms with Gasteiger partial charge in [-0.15, -0.1) is 11.8 Å². The lowest BCUT2D eigenvalue weighted by Crippen LogP contribution is -2.48. The van der Waals surface area contributed by atoms with Gasteiger partial charge in [-0.05, 0) is 30.4 Å². The fourth-order valence-corrected chi connectivity index (χ4v) is 6.96. The second-order valence-electron chi connectivity index (χ2n) is 8.32. The lowest BCUT2D eigenvalue weighted by atomic mass is 9.79. The molecular formula is C24H26N2O2S. The number of Topliss-reactive ketones (excluding diaryl/α,β-unsaturated/α-hetero) is 1. The minimum atomic E-state index is -0.0785. The Kier molecular flexibility index (Phi) is 5.08. The van der Waals surface area contributed by atoms with Crippen molar-refractivity contribution in [2.24, 2.45) is 5.92 Å². The van der Waals surface area contributed by atoms with Crippen molar-refractivity contribution in [2.45, 2.75) is 54.8 Å². The first-order valence-corrected chi connectivity index (χ1v) is 11.5. The number of carbonyl (C=O) groups excluding carboxylic acids is 2.